The molecule has 14 heavy (non-hydrogen) atoms. The van der Waals surface area contributed by atoms with Crippen molar-refractivity contribution < 1.29 is 8.42 Å². The lowest BCUT2D eigenvalue weighted by Crippen LogP contribution is -2.35. The van der Waals surface area contributed by atoms with Crippen LogP contribution in [0.1, 0.15) is 26.7 Å². The van der Waals surface area contributed by atoms with Gasteiger partial charge in [0.1, 0.15) is 9.84 Å². The van der Waals surface area contributed by atoms with Gasteiger partial charge in [-0.1, -0.05) is 26.0 Å². The van der Waals surface area contributed by atoms with Crippen molar-refractivity contribution in [2.24, 2.45) is 0 Å². The fourth-order valence-corrected chi connectivity index (χ4v) is 2.30. The fourth-order valence-electron chi connectivity index (χ4n) is 1.34. The normalized spacial score (nSPS) is 13.9. The van der Waals surface area contributed by atoms with E-state index < -0.39 is 9.84 Å². The lowest BCUT2D eigenvalue weighted by atomic mass is 10.1. The number of hydrogen-bond donors (Lipinski definition) is 1. The Bertz CT molecular complexity index is 270. The molecular weight excluding hydrogens is 198 g/mol. The Kier molecular flexibility index (Phi) is 6.04. The van der Waals surface area contributed by atoms with E-state index in [1.54, 1.807) is 0 Å². The van der Waals surface area contributed by atoms with E-state index in [4.69, 9.17) is 0 Å². The van der Waals surface area contributed by atoms with Gasteiger partial charge in [-0.15, -0.1) is 0 Å². The minimum Gasteiger partial charge on any atom is -0.313 e. The molecule has 0 amide bonds. The molecule has 4 heteroatoms. The van der Waals surface area contributed by atoms with Crippen molar-refractivity contribution in [3.05, 3.63) is 12.2 Å². The Morgan fingerprint density at radius 2 is 2.00 bits per heavy atom. The molecule has 0 spiro atoms. The van der Waals surface area contributed by atoms with Crippen molar-refractivity contribution in [3.8, 4) is 0 Å². The van der Waals surface area contributed by atoms with E-state index in [0.29, 0.717) is 0 Å². The van der Waals surface area contributed by atoms with Gasteiger partial charge in [0.15, 0.2) is 0 Å². The molecule has 0 aromatic heterocycles. The summed E-state index contributed by atoms with van der Waals surface area (Å²) in [6.07, 6.45) is 2.93. The smallest absolute Gasteiger partial charge is 0.148 e. The molecular formula is C10H21NO2S. The third-order valence-electron chi connectivity index (χ3n) is 2.03. The second kappa shape index (κ2) is 6.19. The van der Waals surface area contributed by atoms with Crippen molar-refractivity contribution in [3.63, 3.8) is 0 Å². The monoisotopic (exact) mass is 219 g/mol. The average molecular weight is 219 g/mol. The zero-order valence-corrected chi connectivity index (χ0v) is 10.2. The molecule has 0 aromatic rings. The molecule has 0 rings (SSSR count). The van der Waals surface area contributed by atoms with Gasteiger partial charge in [-0.05, 0) is 19.4 Å². The Morgan fingerprint density at radius 3 is 2.36 bits per heavy atom. The molecule has 84 valence electrons. The van der Waals surface area contributed by atoms with Gasteiger partial charge in [0, 0.05) is 12.3 Å². The Hall–Kier alpha value is -0.350. The number of sulfone groups is 1. The van der Waals surface area contributed by atoms with Crippen LogP contribution < -0.4 is 5.32 Å². The van der Waals surface area contributed by atoms with Gasteiger partial charge in [-0.3, -0.25) is 0 Å². The maximum Gasteiger partial charge on any atom is 0.148 e. The van der Waals surface area contributed by atoms with E-state index in [9.17, 15) is 8.42 Å². The van der Waals surface area contributed by atoms with Crippen LogP contribution in [0.2, 0.25) is 0 Å². The molecule has 0 fully saturated rings. The summed E-state index contributed by atoms with van der Waals surface area (Å²) < 4.78 is 22.2. The summed E-state index contributed by atoms with van der Waals surface area (Å²) in [5, 5.41) is 3.16. The summed E-state index contributed by atoms with van der Waals surface area (Å²) in [5.74, 6) is 0.194. The van der Waals surface area contributed by atoms with Gasteiger partial charge in [-0.25, -0.2) is 8.42 Å². The van der Waals surface area contributed by atoms with Gasteiger partial charge >= 0.3 is 0 Å². The molecule has 0 heterocycles. The Balaban J connectivity index is 4.22. The fraction of sp³-hybridized carbons (Fsp3) is 0.800. The van der Waals surface area contributed by atoms with Crippen LogP contribution in [0.4, 0.5) is 0 Å². The first-order chi connectivity index (χ1) is 6.39. The van der Waals surface area contributed by atoms with Crippen LogP contribution in [0.5, 0.6) is 0 Å². The minimum absolute atomic E-state index is 0.0162. The predicted octanol–water partition coefficient (Wildman–Crippen LogP) is 1.37. The topological polar surface area (TPSA) is 46.2 Å². The SMILES string of the molecule is C=C(CC)CC(CS(C)(=O)=O)NCC. The first-order valence-corrected chi connectivity index (χ1v) is 7.02. The van der Waals surface area contributed by atoms with E-state index in [1.165, 1.54) is 6.26 Å². The lowest BCUT2D eigenvalue weighted by molar-refractivity contribution is 0.540. The lowest BCUT2D eigenvalue weighted by Gasteiger charge is -2.17. The molecule has 1 unspecified atom stereocenters. The quantitative estimate of drug-likeness (QED) is 0.658. The maximum absolute atomic E-state index is 11.1. The minimum atomic E-state index is -2.90. The van der Waals surface area contributed by atoms with Crippen LogP contribution in [0.25, 0.3) is 0 Å². The molecule has 0 saturated heterocycles. The van der Waals surface area contributed by atoms with Gasteiger partial charge in [0.2, 0.25) is 0 Å². The molecule has 0 aromatic carbocycles. The molecule has 0 aliphatic carbocycles. The zero-order valence-electron chi connectivity index (χ0n) is 9.34. The highest BCUT2D eigenvalue weighted by atomic mass is 32.2. The first kappa shape index (κ1) is 13.7. The number of nitrogens with one attached hydrogen (secondary N) is 1. The molecule has 0 bridgehead atoms. The highest BCUT2D eigenvalue weighted by molar-refractivity contribution is 7.90. The van der Waals surface area contributed by atoms with E-state index in [0.717, 1.165) is 25.0 Å². The summed E-state index contributed by atoms with van der Waals surface area (Å²) in [4.78, 5) is 0. The largest absolute Gasteiger partial charge is 0.313 e. The van der Waals surface area contributed by atoms with E-state index in [2.05, 4.69) is 11.9 Å². The number of rotatable bonds is 7. The summed E-state index contributed by atoms with van der Waals surface area (Å²) in [7, 11) is -2.90. The highest BCUT2D eigenvalue weighted by Crippen LogP contribution is 2.08. The molecule has 0 aliphatic heterocycles. The summed E-state index contributed by atoms with van der Waals surface area (Å²) in [5.41, 5.74) is 1.10. The maximum atomic E-state index is 11.1. The zero-order chi connectivity index (χ0) is 11.2. The van der Waals surface area contributed by atoms with Gasteiger partial charge in [0.25, 0.3) is 0 Å². The third kappa shape index (κ3) is 7.09. The molecule has 0 saturated carbocycles. The molecule has 1 atom stereocenters. The van der Waals surface area contributed by atoms with Crippen LogP contribution in [0, 0.1) is 0 Å². The molecule has 0 aliphatic rings. The van der Waals surface area contributed by atoms with E-state index >= 15 is 0 Å². The molecule has 0 radical (unpaired) electrons. The molecule has 3 nitrogen and oxygen atoms in total. The third-order valence-corrected chi connectivity index (χ3v) is 3.04. The summed E-state index contributed by atoms with van der Waals surface area (Å²) in [6, 6.07) is 0.0162. The van der Waals surface area contributed by atoms with Crippen molar-refractivity contribution in [1.29, 1.82) is 0 Å². The second-order valence-corrected chi connectivity index (χ2v) is 5.84. The van der Waals surface area contributed by atoms with E-state index in [-0.39, 0.29) is 11.8 Å². The van der Waals surface area contributed by atoms with Crippen LogP contribution in [0.3, 0.4) is 0 Å². The Labute approximate surface area is 87.5 Å². The van der Waals surface area contributed by atoms with Crippen LogP contribution in [-0.4, -0.2) is 33.0 Å². The molecule has 1 N–H and O–H groups in total. The van der Waals surface area contributed by atoms with E-state index in [1.807, 2.05) is 13.8 Å². The van der Waals surface area contributed by atoms with Gasteiger partial charge in [-0.2, -0.15) is 0 Å². The van der Waals surface area contributed by atoms with Gasteiger partial charge in [0.05, 0.1) is 5.75 Å². The van der Waals surface area contributed by atoms with Crippen molar-refractivity contribution in [1.82, 2.24) is 5.32 Å². The highest BCUT2D eigenvalue weighted by Gasteiger charge is 2.14. The van der Waals surface area contributed by atoms with Crippen molar-refractivity contribution >= 4 is 9.84 Å². The predicted molar refractivity (Wildman–Crippen MR) is 61.2 cm³/mol. The number of hydrogen-bond acceptors (Lipinski definition) is 3. The van der Waals surface area contributed by atoms with Crippen LogP contribution in [-0.2, 0) is 9.84 Å². The Morgan fingerprint density at radius 1 is 1.43 bits per heavy atom. The van der Waals surface area contributed by atoms with Crippen LogP contribution >= 0.6 is 0 Å². The van der Waals surface area contributed by atoms with Crippen LogP contribution in [0.15, 0.2) is 12.2 Å². The summed E-state index contributed by atoms with van der Waals surface area (Å²) >= 11 is 0. The average Bonchev–Trinajstić information content (AvgIpc) is 2.01. The van der Waals surface area contributed by atoms with Crippen molar-refractivity contribution in [2.45, 2.75) is 32.7 Å². The second-order valence-electron chi connectivity index (χ2n) is 3.65. The first-order valence-electron chi connectivity index (χ1n) is 4.96. The van der Waals surface area contributed by atoms with Gasteiger partial charge < -0.3 is 5.32 Å². The van der Waals surface area contributed by atoms with Crippen molar-refractivity contribution in [2.75, 3.05) is 18.6 Å². The standard InChI is InChI=1S/C10H21NO2S/c1-5-9(3)7-10(11-6-2)8-14(4,12)13/h10-11H,3,5-8H2,1-2,4H3. The summed E-state index contributed by atoms with van der Waals surface area (Å²) in [6.45, 7) is 8.69.